The van der Waals surface area contributed by atoms with E-state index >= 15 is 0 Å². The summed E-state index contributed by atoms with van der Waals surface area (Å²) in [6.45, 7) is 6.47. The molecule has 0 aliphatic carbocycles. The Morgan fingerprint density at radius 2 is 2.29 bits per heavy atom. The standard InChI is InChI=1S/C12H21N5/c1-3-4-10-11-12(16(2)15-10)17-6-5-13-7-9(17)8-14-11/h9,13-14H,3-8H2,1-2H3. The summed E-state index contributed by atoms with van der Waals surface area (Å²) in [7, 11) is 2.06. The van der Waals surface area contributed by atoms with E-state index in [4.69, 9.17) is 0 Å². The molecule has 0 spiro atoms. The molecule has 0 saturated carbocycles. The van der Waals surface area contributed by atoms with Gasteiger partial charge in [-0.25, -0.2) is 0 Å². The molecule has 2 aliphatic rings. The lowest BCUT2D eigenvalue weighted by Gasteiger charge is -2.41. The van der Waals surface area contributed by atoms with E-state index in [1.54, 1.807) is 0 Å². The van der Waals surface area contributed by atoms with Crippen molar-refractivity contribution in [3.05, 3.63) is 5.69 Å². The molecule has 5 nitrogen and oxygen atoms in total. The first kappa shape index (κ1) is 10.9. The number of nitrogens with zero attached hydrogens (tertiary/aromatic N) is 3. The molecule has 1 saturated heterocycles. The summed E-state index contributed by atoms with van der Waals surface area (Å²) in [5, 5.41) is 11.7. The van der Waals surface area contributed by atoms with Gasteiger partial charge in [-0.15, -0.1) is 0 Å². The summed E-state index contributed by atoms with van der Waals surface area (Å²) in [6.07, 6.45) is 2.21. The Hall–Kier alpha value is -1.23. The van der Waals surface area contributed by atoms with Crippen molar-refractivity contribution in [1.29, 1.82) is 0 Å². The number of hydrogen-bond donors (Lipinski definition) is 2. The summed E-state index contributed by atoms with van der Waals surface area (Å²) < 4.78 is 2.05. The van der Waals surface area contributed by atoms with Crippen LogP contribution < -0.4 is 15.5 Å². The van der Waals surface area contributed by atoms with Gasteiger partial charge in [0.05, 0.1) is 11.7 Å². The third-order valence-corrected chi connectivity index (χ3v) is 3.71. The predicted molar refractivity (Wildman–Crippen MR) is 69.7 cm³/mol. The molecule has 0 bridgehead atoms. The zero-order chi connectivity index (χ0) is 11.8. The van der Waals surface area contributed by atoms with Gasteiger partial charge in [0.2, 0.25) is 0 Å². The topological polar surface area (TPSA) is 45.1 Å². The Morgan fingerprint density at radius 3 is 3.12 bits per heavy atom. The average molecular weight is 235 g/mol. The van der Waals surface area contributed by atoms with Crippen LogP contribution in [0.1, 0.15) is 19.0 Å². The third kappa shape index (κ3) is 1.69. The molecule has 1 unspecified atom stereocenters. The van der Waals surface area contributed by atoms with E-state index < -0.39 is 0 Å². The lowest BCUT2D eigenvalue weighted by atomic mass is 10.1. The molecule has 17 heavy (non-hydrogen) atoms. The van der Waals surface area contributed by atoms with Gasteiger partial charge in [0.15, 0.2) is 5.82 Å². The minimum atomic E-state index is 0.570. The summed E-state index contributed by atoms with van der Waals surface area (Å²) in [5.74, 6) is 1.28. The SMILES string of the molecule is CCCc1nn(C)c2c1NCC1CNCCN21. The molecule has 3 rings (SSSR count). The van der Waals surface area contributed by atoms with Crippen molar-refractivity contribution in [2.24, 2.45) is 7.05 Å². The number of fused-ring (bicyclic) bond motifs is 3. The second-order valence-corrected chi connectivity index (χ2v) is 4.95. The first-order valence-electron chi connectivity index (χ1n) is 6.58. The minimum absolute atomic E-state index is 0.570. The monoisotopic (exact) mass is 235 g/mol. The summed E-state index contributed by atoms with van der Waals surface area (Å²) in [6, 6.07) is 0.570. The number of piperazine rings is 1. The molecule has 1 atom stereocenters. The highest BCUT2D eigenvalue weighted by molar-refractivity contribution is 5.72. The molecule has 94 valence electrons. The molecule has 5 heteroatoms. The van der Waals surface area contributed by atoms with Gasteiger partial charge in [0.25, 0.3) is 0 Å². The van der Waals surface area contributed by atoms with Crippen LogP contribution in [0.2, 0.25) is 0 Å². The van der Waals surface area contributed by atoms with Crippen molar-refractivity contribution >= 4 is 11.5 Å². The smallest absolute Gasteiger partial charge is 0.151 e. The van der Waals surface area contributed by atoms with E-state index in [1.165, 1.54) is 17.2 Å². The Balaban J connectivity index is 1.98. The lowest BCUT2D eigenvalue weighted by Crippen LogP contribution is -2.56. The summed E-state index contributed by atoms with van der Waals surface area (Å²) in [4.78, 5) is 2.51. The van der Waals surface area contributed by atoms with Crippen LogP contribution in [0.25, 0.3) is 0 Å². The van der Waals surface area contributed by atoms with Gasteiger partial charge in [0, 0.05) is 33.2 Å². The maximum Gasteiger partial charge on any atom is 0.151 e. The molecule has 3 heterocycles. The van der Waals surface area contributed by atoms with E-state index in [1.807, 2.05) is 4.68 Å². The fraction of sp³-hybridized carbons (Fsp3) is 0.750. The molecule has 1 aromatic rings. The van der Waals surface area contributed by atoms with E-state index in [0.717, 1.165) is 39.0 Å². The van der Waals surface area contributed by atoms with Gasteiger partial charge in [-0.1, -0.05) is 13.3 Å². The van der Waals surface area contributed by atoms with Crippen molar-refractivity contribution in [1.82, 2.24) is 15.1 Å². The zero-order valence-electron chi connectivity index (χ0n) is 10.7. The second kappa shape index (κ2) is 4.22. The van der Waals surface area contributed by atoms with Crippen molar-refractivity contribution < 1.29 is 0 Å². The van der Waals surface area contributed by atoms with E-state index in [-0.39, 0.29) is 0 Å². The molecule has 0 amide bonds. The van der Waals surface area contributed by atoms with Gasteiger partial charge >= 0.3 is 0 Å². The van der Waals surface area contributed by atoms with Gasteiger partial charge in [0.1, 0.15) is 5.69 Å². The number of anilines is 2. The summed E-state index contributed by atoms with van der Waals surface area (Å²) in [5.41, 5.74) is 2.49. The molecular formula is C12H21N5. The van der Waals surface area contributed by atoms with Crippen LogP contribution in [0.3, 0.4) is 0 Å². The Bertz CT molecular complexity index is 411. The average Bonchev–Trinajstić information content (AvgIpc) is 2.67. The van der Waals surface area contributed by atoms with Crippen molar-refractivity contribution in [3.63, 3.8) is 0 Å². The molecule has 2 N–H and O–H groups in total. The quantitative estimate of drug-likeness (QED) is 0.787. The molecule has 0 radical (unpaired) electrons. The Kier molecular flexibility index (Phi) is 2.70. The second-order valence-electron chi connectivity index (χ2n) is 4.95. The molecule has 1 aromatic heterocycles. The number of aryl methyl sites for hydroxylation is 2. The number of hydrogen-bond acceptors (Lipinski definition) is 4. The van der Waals surface area contributed by atoms with E-state index in [0.29, 0.717) is 6.04 Å². The number of rotatable bonds is 2. The van der Waals surface area contributed by atoms with Gasteiger partial charge in [-0.05, 0) is 6.42 Å². The van der Waals surface area contributed by atoms with Crippen LogP contribution in [-0.2, 0) is 13.5 Å². The van der Waals surface area contributed by atoms with Crippen molar-refractivity contribution in [2.75, 3.05) is 36.4 Å². The lowest BCUT2D eigenvalue weighted by molar-refractivity contribution is 0.471. The fourth-order valence-electron chi connectivity index (χ4n) is 2.93. The van der Waals surface area contributed by atoms with Gasteiger partial charge < -0.3 is 15.5 Å². The van der Waals surface area contributed by atoms with Crippen LogP contribution in [0.5, 0.6) is 0 Å². The van der Waals surface area contributed by atoms with Crippen LogP contribution >= 0.6 is 0 Å². The first-order chi connectivity index (χ1) is 8.31. The number of aromatic nitrogens is 2. The third-order valence-electron chi connectivity index (χ3n) is 3.71. The summed E-state index contributed by atoms with van der Waals surface area (Å²) >= 11 is 0. The zero-order valence-corrected chi connectivity index (χ0v) is 10.7. The highest BCUT2D eigenvalue weighted by Crippen LogP contribution is 2.34. The molecule has 0 aromatic carbocycles. The normalized spacial score (nSPS) is 22.9. The molecule has 2 aliphatic heterocycles. The van der Waals surface area contributed by atoms with Crippen LogP contribution in [-0.4, -0.2) is 42.0 Å². The highest BCUT2D eigenvalue weighted by Gasteiger charge is 2.32. The van der Waals surface area contributed by atoms with Gasteiger partial charge in [-0.2, -0.15) is 5.10 Å². The van der Waals surface area contributed by atoms with Crippen LogP contribution in [0, 0.1) is 0 Å². The van der Waals surface area contributed by atoms with E-state index in [2.05, 4.69) is 34.6 Å². The number of nitrogens with one attached hydrogen (secondary N) is 2. The van der Waals surface area contributed by atoms with Gasteiger partial charge in [-0.3, -0.25) is 4.68 Å². The van der Waals surface area contributed by atoms with Crippen molar-refractivity contribution in [3.8, 4) is 0 Å². The highest BCUT2D eigenvalue weighted by atomic mass is 15.4. The van der Waals surface area contributed by atoms with E-state index in [9.17, 15) is 0 Å². The van der Waals surface area contributed by atoms with Crippen molar-refractivity contribution in [2.45, 2.75) is 25.8 Å². The fourth-order valence-corrected chi connectivity index (χ4v) is 2.93. The Labute approximate surface area is 102 Å². The minimum Gasteiger partial charge on any atom is -0.378 e. The maximum atomic E-state index is 4.67. The predicted octanol–water partition coefficient (Wildman–Crippen LogP) is 0.576. The maximum absolute atomic E-state index is 4.67. The molecular weight excluding hydrogens is 214 g/mol. The Morgan fingerprint density at radius 1 is 1.41 bits per heavy atom. The van der Waals surface area contributed by atoms with Crippen LogP contribution in [0.4, 0.5) is 11.5 Å². The largest absolute Gasteiger partial charge is 0.378 e. The van der Waals surface area contributed by atoms with Crippen LogP contribution in [0.15, 0.2) is 0 Å². The molecule has 1 fully saturated rings. The first-order valence-corrected chi connectivity index (χ1v) is 6.58.